The van der Waals surface area contributed by atoms with Gasteiger partial charge in [0, 0.05) is 0 Å². The SMILES string of the molecule is C=C(F)/C=C\C(=C/C)CCC1CCC(C)CC1. The molecule has 1 fully saturated rings. The van der Waals surface area contributed by atoms with E-state index >= 15 is 0 Å². The highest BCUT2D eigenvalue weighted by Crippen LogP contribution is 2.32. The van der Waals surface area contributed by atoms with Crippen molar-refractivity contribution < 1.29 is 4.39 Å². The van der Waals surface area contributed by atoms with Crippen LogP contribution in [0.25, 0.3) is 0 Å². The molecule has 0 aromatic carbocycles. The van der Waals surface area contributed by atoms with E-state index in [1.807, 2.05) is 13.0 Å². The summed E-state index contributed by atoms with van der Waals surface area (Å²) in [4.78, 5) is 0. The third-order valence-electron chi connectivity index (χ3n) is 3.83. The predicted octanol–water partition coefficient (Wildman–Crippen LogP) is 5.58. The molecule has 0 saturated heterocycles. The zero-order chi connectivity index (χ0) is 12.7. The van der Waals surface area contributed by atoms with Crippen molar-refractivity contribution in [3.05, 3.63) is 36.2 Å². The molecule has 0 aromatic rings. The number of allylic oxidation sites excluding steroid dienone is 5. The topological polar surface area (TPSA) is 0 Å². The van der Waals surface area contributed by atoms with Crippen LogP contribution in [-0.2, 0) is 0 Å². The van der Waals surface area contributed by atoms with Crippen molar-refractivity contribution in [2.24, 2.45) is 11.8 Å². The molecular formula is C16H25F. The monoisotopic (exact) mass is 236 g/mol. The van der Waals surface area contributed by atoms with Crippen LogP contribution < -0.4 is 0 Å². The van der Waals surface area contributed by atoms with E-state index in [2.05, 4.69) is 19.6 Å². The second kappa shape index (κ2) is 7.47. The van der Waals surface area contributed by atoms with Gasteiger partial charge in [0.25, 0.3) is 0 Å². The zero-order valence-corrected chi connectivity index (χ0v) is 11.2. The molecule has 1 saturated carbocycles. The molecule has 1 aliphatic carbocycles. The second-order valence-electron chi connectivity index (χ2n) is 5.31. The smallest absolute Gasteiger partial charge is 0.116 e. The Hall–Kier alpha value is -0.850. The van der Waals surface area contributed by atoms with Crippen molar-refractivity contribution in [2.45, 2.75) is 52.4 Å². The first-order valence-corrected chi connectivity index (χ1v) is 6.79. The Bertz CT molecular complexity index is 291. The summed E-state index contributed by atoms with van der Waals surface area (Å²) in [5.74, 6) is 1.43. The summed E-state index contributed by atoms with van der Waals surface area (Å²) in [5.41, 5.74) is 1.22. The Balaban J connectivity index is 2.31. The molecule has 0 unspecified atom stereocenters. The first-order chi connectivity index (χ1) is 8.11. The van der Waals surface area contributed by atoms with Gasteiger partial charge in [-0.15, -0.1) is 0 Å². The summed E-state index contributed by atoms with van der Waals surface area (Å²) < 4.78 is 12.5. The molecule has 0 aliphatic heterocycles. The van der Waals surface area contributed by atoms with Crippen LogP contribution in [0.1, 0.15) is 52.4 Å². The summed E-state index contributed by atoms with van der Waals surface area (Å²) >= 11 is 0. The van der Waals surface area contributed by atoms with Gasteiger partial charge < -0.3 is 0 Å². The van der Waals surface area contributed by atoms with Crippen LogP contribution in [0, 0.1) is 11.8 Å². The third-order valence-corrected chi connectivity index (χ3v) is 3.83. The van der Waals surface area contributed by atoms with E-state index in [0.29, 0.717) is 0 Å². The van der Waals surface area contributed by atoms with Crippen molar-refractivity contribution in [3.8, 4) is 0 Å². The maximum Gasteiger partial charge on any atom is 0.116 e. The molecule has 17 heavy (non-hydrogen) atoms. The molecule has 0 heterocycles. The Labute approximate surface area is 105 Å². The Morgan fingerprint density at radius 1 is 1.24 bits per heavy atom. The van der Waals surface area contributed by atoms with E-state index in [9.17, 15) is 4.39 Å². The van der Waals surface area contributed by atoms with Crippen LogP contribution in [0.2, 0.25) is 0 Å². The van der Waals surface area contributed by atoms with Gasteiger partial charge in [-0.05, 0) is 37.7 Å². The first-order valence-electron chi connectivity index (χ1n) is 6.79. The lowest BCUT2D eigenvalue weighted by Gasteiger charge is -2.26. The highest BCUT2D eigenvalue weighted by Gasteiger charge is 2.17. The number of rotatable bonds is 5. The Morgan fingerprint density at radius 2 is 1.88 bits per heavy atom. The minimum Gasteiger partial charge on any atom is -0.208 e. The van der Waals surface area contributed by atoms with Crippen molar-refractivity contribution in [2.75, 3.05) is 0 Å². The molecule has 96 valence electrons. The number of hydrogen-bond donors (Lipinski definition) is 0. The predicted molar refractivity (Wildman–Crippen MR) is 73.5 cm³/mol. The van der Waals surface area contributed by atoms with Gasteiger partial charge in [0.2, 0.25) is 0 Å². The fourth-order valence-electron chi connectivity index (χ4n) is 2.51. The van der Waals surface area contributed by atoms with Gasteiger partial charge in [0.1, 0.15) is 5.83 Å². The van der Waals surface area contributed by atoms with E-state index in [0.717, 1.165) is 18.3 Å². The van der Waals surface area contributed by atoms with E-state index in [1.165, 1.54) is 43.8 Å². The largest absolute Gasteiger partial charge is 0.208 e. The molecule has 0 N–H and O–H groups in total. The van der Waals surface area contributed by atoms with Crippen LogP contribution in [-0.4, -0.2) is 0 Å². The van der Waals surface area contributed by atoms with E-state index in [-0.39, 0.29) is 5.83 Å². The van der Waals surface area contributed by atoms with Crippen LogP contribution in [0.4, 0.5) is 4.39 Å². The van der Waals surface area contributed by atoms with Gasteiger partial charge >= 0.3 is 0 Å². The number of halogens is 1. The molecule has 0 spiro atoms. The Kier molecular flexibility index (Phi) is 6.25. The summed E-state index contributed by atoms with van der Waals surface area (Å²) in [5, 5.41) is 0. The van der Waals surface area contributed by atoms with E-state index < -0.39 is 0 Å². The molecule has 1 heteroatoms. The third kappa shape index (κ3) is 5.86. The molecule has 0 aromatic heterocycles. The van der Waals surface area contributed by atoms with Crippen LogP contribution >= 0.6 is 0 Å². The lowest BCUT2D eigenvalue weighted by Crippen LogP contribution is -2.12. The standard InChI is InChI=1S/C16H25F/c1-4-15(10-7-14(3)17)11-12-16-8-5-13(2)6-9-16/h4,7,10,13,16H,3,5-6,8-9,11-12H2,1-2H3/b10-7-,15-4+. The first kappa shape index (κ1) is 14.2. The van der Waals surface area contributed by atoms with Crippen molar-refractivity contribution in [1.29, 1.82) is 0 Å². The van der Waals surface area contributed by atoms with E-state index in [1.54, 1.807) is 0 Å². The van der Waals surface area contributed by atoms with Crippen molar-refractivity contribution >= 4 is 0 Å². The highest BCUT2D eigenvalue weighted by atomic mass is 19.1. The van der Waals surface area contributed by atoms with Gasteiger partial charge in [-0.1, -0.05) is 56.9 Å². The quantitative estimate of drug-likeness (QED) is 0.547. The molecule has 0 bridgehead atoms. The lowest BCUT2D eigenvalue weighted by atomic mass is 9.80. The minimum absolute atomic E-state index is 0.365. The average molecular weight is 236 g/mol. The van der Waals surface area contributed by atoms with Gasteiger partial charge in [-0.3, -0.25) is 0 Å². The lowest BCUT2D eigenvalue weighted by molar-refractivity contribution is 0.278. The second-order valence-corrected chi connectivity index (χ2v) is 5.31. The van der Waals surface area contributed by atoms with Crippen LogP contribution in [0.15, 0.2) is 36.2 Å². The fourth-order valence-corrected chi connectivity index (χ4v) is 2.51. The fraction of sp³-hybridized carbons (Fsp3) is 0.625. The van der Waals surface area contributed by atoms with Crippen molar-refractivity contribution in [3.63, 3.8) is 0 Å². The Morgan fingerprint density at radius 3 is 2.41 bits per heavy atom. The summed E-state index contributed by atoms with van der Waals surface area (Å²) in [7, 11) is 0. The number of hydrogen-bond acceptors (Lipinski definition) is 0. The molecule has 0 amide bonds. The zero-order valence-electron chi connectivity index (χ0n) is 11.2. The molecule has 1 aliphatic rings. The van der Waals surface area contributed by atoms with Gasteiger partial charge in [-0.25, -0.2) is 4.39 Å². The average Bonchev–Trinajstić information content (AvgIpc) is 2.31. The molecular weight excluding hydrogens is 211 g/mol. The van der Waals surface area contributed by atoms with Gasteiger partial charge in [0.05, 0.1) is 0 Å². The van der Waals surface area contributed by atoms with Crippen molar-refractivity contribution in [1.82, 2.24) is 0 Å². The van der Waals surface area contributed by atoms with Crippen LogP contribution in [0.5, 0.6) is 0 Å². The summed E-state index contributed by atoms with van der Waals surface area (Å²) in [6.45, 7) is 7.61. The molecule has 0 atom stereocenters. The molecule has 0 radical (unpaired) electrons. The van der Waals surface area contributed by atoms with Crippen LogP contribution in [0.3, 0.4) is 0 Å². The maximum atomic E-state index is 12.5. The minimum atomic E-state index is -0.365. The highest BCUT2D eigenvalue weighted by molar-refractivity contribution is 5.23. The van der Waals surface area contributed by atoms with Gasteiger partial charge in [0.15, 0.2) is 0 Å². The van der Waals surface area contributed by atoms with Gasteiger partial charge in [-0.2, -0.15) is 0 Å². The maximum absolute atomic E-state index is 12.5. The molecule has 0 nitrogen and oxygen atoms in total. The summed E-state index contributed by atoms with van der Waals surface area (Å²) in [6, 6.07) is 0. The summed E-state index contributed by atoms with van der Waals surface area (Å²) in [6.07, 6.45) is 13.2. The van der Waals surface area contributed by atoms with E-state index in [4.69, 9.17) is 0 Å². The molecule has 1 rings (SSSR count). The normalized spacial score (nSPS) is 26.4.